The number of carbonyl (C=O) groups is 2. The fourth-order valence-electron chi connectivity index (χ4n) is 4.53. The summed E-state index contributed by atoms with van der Waals surface area (Å²) >= 11 is 0. The maximum atomic E-state index is 12.5. The first-order valence-electron chi connectivity index (χ1n) is 9.87. The Balaban J connectivity index is 1.51. The molecule has 2 aromatic rings. The molecule has 28 heavy (non-hydrogen) atoms. The van der Waals surface area contributed by atoms with Crippen molar-refractivity contribution in [3.05, 3.63) is 59.8 Å². The highest BCUT2D eigenvalue weighted by Gasteiger charge is 2.42. The number of aromatic nitrogens is 1. The maximum Gasteiger partial charge on any atom is 0.248 e. The monoisotopic (exact) mass is 378 g/mol. The van der Waals surface area contributed by atoms with Crippen LogP contribution in [0.15, 0.2) is 48.7 Å². The predicted octanol–water partition coefficient (Wildman–Crippen LogP) is 2.59. The van der Waals surface area contributed by atoms with Crippen molar-refractivity contribution in [3.8, 4) is 0 Å². The molecule has 0 aliphatic carbocycles. The lowest BCUT2D eigenvalue weighted by molar-refractivity contribution is -0.138. The second-order valence-corrected chi connectivity index (χ2v) is 8.03. The van der Waals surface area contributed by atoms with E-state index in [1.807, 2.05) is 23.1 Å². The molecule has 2 fully saturated rings. The minimum Gasteiger partial charge on any atom is -0.366 e. The number of pyridine rings is 1. The molecule has 2 saturated heterocycles. The highest BCUT2D eigenvalue weighted by molar-refractivity contribution is 5.93. The van der Waals surface area contributed by atoms with Crippen LogP contribution in [0.25, 0.3) is 0 Å². The minimum absolute atomic E-state index is 0.0748. The molecule has 4 rings (SSSR count). The van der Waals surface area contributed by atoms with Crippen molar-refractivity contribution in [3.63, 3.8) is 0 Å². The van der Waals surface area contributed by atoms with Crippen LogP contribution in [0.4, 0.5) is 5.82 Å². The highest BCUT2D eigenvalue weighted by atomic mass is 16.2. The van der Waals surface area contributed by atoms with Crippen molar-refractivity contribution in [2.45, 2.75) is 32.2 Å². The normalized spacial score (nSPS) is 22.5. The molecule has 1 atom stereocenters. The van der Waals surface area contributed by atoms with E-state index in [1.165, 1.54) is 0 Å². The Hall–Kier alpha value is -2.89. The molecule has 1 spiro atoms. The van der Waals surface area contributed by atoms with Crippen LogP contribution in [0.5, 0.6) is 0 Å². The Morgan fingerprint density at radius 1 is 1.14 bits per heavy atom. The van der Waals surface area contributed by atoms with Crippen LogP contribution < -0.4 is 10.6 Å². The number of piperidine rings is 2. The number of nitrogens with zero attached hydrogens (tertiary/aromatic N) is 3. The third kappa shape index (κ3) is 3.86. The Bertz CT molecular complexity index is 870. The van der Waals surface area contributed by atoms with Crippen molar-refractivity contribution >= 4 is 17.6 Å². The molecule has 0 bridgehead atoms. The van der Waals surface area contributed by atoms with Crippen molar-refractivity contribution in [2.24, 2.45) is 11.1 Å². The Kier molecular flexibility index (Phi) is 5.03. The van der Waals surface area contributed by atoms with Gasteiger partial charge in [-0.1, -0.05) is 30.3 Å². The summed E-state index contributed by atoms with van der Waals surface area (Å²) in [5.74, 6) is 0.593. The molecule has 0 saturated carbocycles. The van der Waals surface area contributed by atoms with Gasteiger partial charge in [0, 0.05) is 49.8 Å². The number of carbonyl (C=O) groups excluding carboxylic acids is 2. The van der Waals surface area contributed by atoms with E-state index in [2.05, 4.69) is 22.0 Å². The average molecular weight is 378 g/mol. The van der Waals surface area contributed by atoms with E-state index < -0.39 is 5.91 Å². The molecule has 1 aromatic carbocycles. The number of rotatable bonds is 4. The van der Waals surface area contributed by atoms with Crippen molar-refractivity contribution in [1.82, 2.24) is 9.88 Å². The van der Waals surface area contributed by atoms with Crippen LogP contribution >= 0.6 is 0 Å². The molecule has 6 heteroatoms. The molecule has 0 unspecified atom stereocenters. The molecule has 1 aromatic heterocycles. The largest absolute Gasteiger partial charge is 0.366 e. The SMILES string of the molecule is NC(=O)c1ccnc(N2CCC[C@]3(CCC(=O)N(Cc4ccccc4)C3)C2)c1. The van der Waals surface area contributed by atoms with E-state index in [-0.39, 0.29) is 11.3 Å². The van der Waals surface area contributed by atoms with Gasteiger partial charge in [0.05, 0.1) is 0 Å². The summed E-state index contributed by atoms with van der Waals surface area (Å²) in [5, 5.41) is 0. The molecule has 0 radical (unpaired) electrons. The molecular weight excluding hydrogens is 352 g/mol. The van der Waals surface area contributed by atoms with Crippen LogP contribution in [0.1, 0.15) is 41.6 Å². The van der Waals surface area contributed by atoms with Gasteiger partial charge in [0.15, 0.2) is 0 Å². The maximum absolute atomic E-state index is 12.5. The van der Waals surface area contributed by atoms with E-state index in [1.54, 1.807) is 18.3 Å². The van der Waals surface area contributed by atoms with Crippen LogP contribution in [-0.4, -0.2) is 41.3 Å². The first kappa shape index (κ1) is 18.5. The second-order valence-electron chi connectivity index (χ2n) is 8.03. The standard InChI is InChI=1S/C22H26N4O2/c23-21(28)18-8-11-24-19(13-18)25-12-4-9-22(15-25)10-7-20(27)26(16-22)14-17-5-2-1-3-6-17/h1-3,5-6,8,11,13H,4,7,9-10,12,14-16H2,(H2,23,28)/t22-/m0/s1. The lowest BCUT2D eigenvalue weighted by Crippen LogP contribution is -2.54. The quantitative estimate of drug-likeness (QED) is 0.887. The van der Waals surface area contributed by atoms with E-state index in [4.69, 9.17) is 5.73 Å². The summed E-state index contributed by atoms with van der Waals surface area (Å²) in [6.07, 6.45) is 5.30. The average Bonchev–Trinajstić information content (AvgIpc) is 2.72. The molecule has 6 nitrogen and oxygen atoms in total. The zero-order chi connectivity index (χ0) is 19.6. The summed E-state index contributed by atoms with van der Waals surface area (Å²) < 4.78 is 0. The van der Waals surface area contributed by atoms with Crippen molar-refractivity contribution in [1.29, 1.82) is 0 Å². The molecule has 2 aliphatic rings. The van der Waals surface area contributed by atoms with Crippen LogP contribution in [-0.2, 0) is 11.3 Å². The number of anilines is 1. The summed E-state index contributed by atoms with van der Waals surface area (Å²) in [4.78, 5) is 32.8. The van der Waals surface area contributed by atoms with Gasteiger partial charge in [-0.15, -0.1) is 0 Å². The fraction of sp³-hybridized carbons (Fsp3) is 0.409. The number of hydrogen-bond donors (Lipinski definition) is 1. The van der Waals surface area contributed by atoms with Gasteiger partial charge in [0.2, 0.25) is 11.8 Å². The van der Waals surface area contributed by atoms with Crippen LogP contribution in [0, 0.1) is 5.41 Å². The number of nitrogens with two attached hydrogens (primary N) is 1. The van der Waals surface area contributed by atoms with Crippen molar-refractivity contribution in [2.75, 3.05) is 24.5 Å². The Labute approximate surface area is 165 Å². The van der Waals surface area contributed by atoms with Gasteiger partial charge < -0.3 is 15.5 Å². The van der Waals surface area contributed by atoms with E-state index in [9.17, 15) is 9.59 Å². The predicted molar refractivity (Wildman–Crippen MR) is 108 cm³/mol. The third-order valence-electron chi connectivity index (χ3n) is 5.98. The summed E-state index contributed by atoms with van der Waals surface area (Å²) in [7, 11) is 0. The Morgan fingerprint density at radius 3 is 2.75 bits per heavy atom. The topological polar surface area (TPSA) is 79.5 Å². The summed E-state index contributed by atoms with van der Waals surface area (Å²) in [6, 6.07) is 13.6. The fourth-order valence-corrected chi connectivity index (χ4v) is 4.53. The number of primary amides is 1. The van der Waals surface area contributed by atoms with Crippen molar-refractivity contribution < 1.29 is 9.59 Å². The summed E-state index contributed by atoms with van der Waals surface area (Å²) in [6.45, 7) is 3.19. The van der Waals surface area contributed by atoms with Gasteiger partial charge >= 0.3 is 0 Å². The first-order chi connectivity index (χ1) is 13.5. The molecular formula is C22H26N4O2. The summed E-state index contributed by atoms with van der Waals surface area (Å²) in [5.41, 5.74) is 7.14. The number of amides is 2. The zero-order valence-corrected chi connectivity index (χ0v) is 16.0. The van der Waals surface area contributed by atoms with Gasteiger partial charge in [-0.25, -0.2) is 4.98 Å². The van der Waals surface area contributed by atoms with Gasteiger partial charge in [0.25, 0.3) is 0 Å². The van der Waals surface area contributed by atoms with Gasteiger partial charge in [-0.3, -0.25) is 9.59 Å². The number of likely N-dealkylation sites (tertiary alicyclic amines) is 1. The van der Waals surface area contributed by atoms with Gasteiger partial charge in [-0.2, -0.15) is 0 Å². The lowest BCUT2D eigenvalue weighted by Gasteiger charge is -2.48. The third-order valence-corrected chi connectivity index (χ3v) is 5.98. The zero-order valence-electron chi connectivity index (χ0n) is 16.0. The van der Waals surface area contributed by atoms with E-state index >= 15 is 0 Å². The molecule has 3 heterocycles. The van der Waals surface area contributed by atoms with Gasteiger partial charge in [-0.05, 0) is 37.0 Å². The smallest absolute Gasteiger partial charge is 0.248 e. The molecule has 2 N–H and O–H groups in total. The Morgan fingerprint density at radius 2 is 1.96 bits per heavy atom. The first-order valence-corrected chi connectivity index (χ1v) is 9.87. The van der Waals surface area contributed by atoms with Crippen LogP contribution in [0.2, 0.25) is 0 Å². The number of hydrogen-bond acceptors (Lipinski definition) is 4. The molecule has 2 aliphatic heterocycles. The van der Waals surface area contributed by atoms with E-state index in [0.29, 0.717) is 18.5 Å². The number of benzene rings is 1. The van der Waals surface area contributed by atoms with Gasteiger partial charge in [0.1, 0.15) is 5.82 Å². The van der Waals surface area contributed by atoms with Crippen LogP contribution in [0.3, 0.4) is 0 Å². The molecule has 146 valence electrons. The minimum atomic E-state index is -0.437. The second kappa shape index (κ2) is 7.62. The van der Waals surface area contributed by atoms with E-state index in [0.717, 1.165) is 50.3 Å². The lowest BCUT2D eigenvalue weighted by atomic mass is 9.73. The highest BCUT2D eigenvalue weighted by Crippen LogP contribution is 2.40. The molecule has 2 amide bonds.